The summed E-state index contributed by atoms with van der Waals surface area (Å²) in [6.45, 7) is 0. The molecule has 2 aromatic heterocycles. The summed E-state index contributed by atoms with van der Waals surface area (Å²) in [6.07, 6.45) is 3.21. The summed E-state index contributed by atoms with van der Waals surface area (Å²) in [6, 6.07) is 1.71. The monoisotopic (exact) mass is 153 g/mol. The average Bonchev–Trinajstić information content (AvgIpc) is 2.36. The number of hydrogen-bond acceptors (Lipinski definition) is 2. The van der Waals surface area contributed by atoms with Crippen LogP contribution in [-0.2, 0) is 0 Å². The number of imidazole rings is 1. The van der Waals surface area contributed by atoms with Gasteiger partial charge in [-0.3, -0.25) is 0 Å². The molecule has 0 bridgehead atoms. The zero-order valence-electron chi connectivity index (χ0n) is 5.00. The van der Waals surface area contributed by atoms with Gasteiger partial charge in [-0.2, -0.15) is 0 Å². The van der Waals surface area contributed by atoms with Crippen LogP contribution in [0.25, 0.3) is 11.2 Å². The topological polar surface area (TPSA) is 41.6 Å². The van der Waals surface area contributed by atoms with E-state index in [0.29, 0.717) is 5.02 Å². The molecule has 2 aromatic rings. The number of rotatable bonds is 0. The van der Waals surface area contributed by atoms with Gasteiger partial charge in [0.25, 0.3) is 0 Å². The lowest BCUT2D eigenvalue weighted by Gasteiger charge is -1.87. The minimum absolute atomic E-state index is 0.631. The third-order valence-corrected chi connectivity index (χ3v) is 1.57. The number of aromatic amines is 1. The Morgan fingerprint density at radius 3 is 3.10 bits per heavy atom. The second kappa shape index (κ2) is 1.95. The van der Waals surface area contributed by atoms with Crippen LogP contribution in [0.4, 0.5) is 0 Å². The van der Waals surface area contributed by atoms with E-state index >= 15 is 0 Å². The second-order valence-electron chi connectivity index (χ2n) is 1.89. The summed E-state index contributed by atoms with van der Waals surface area (Å²) in [7, 11) is 0. The van der Waals surface area contributed by atoms with E-state index in [1.54, 1.807) is 18.6 Å². The number of pyridine rings is 1. The van der Waals surface area contributed by atoms with Crippen LogP contribution in [0.15, 0.2) is 18.6 Å². The van der Waals surface area contributed by atoms with Crippen molar-refractivity contribution in [2.24, 2.45) is 0 Å². The van der Waals surface area contributed by atoms with Crippen molar-refractivity contribution in [3.63, 3.8) is 0 Å². The Morgan fingerprint density at radius 1 is 1.40 bits per heavy atom. The van der Waals surface area contributed by atoms with Crippen LogP contribution in [0, 0.1) is 0 Å². The number of nitrogens with one attached hydrogen (secondary N) is 1. The van der Waals surface area contributed by atoms with Crippen molar-refractivity contribution in [3.05, 3.63) is 23.6 Å². The summed E-state index contributed by atoms with van der Waals surface area (Å²) in [5.41, 5.74) is 1.46. The molecule has 0 aliphatic carbocycles. The molecule has 0 fully saturated rings. The van der Waals surface area contributed by atoms with Gasteiger partial charge >= 0.3 is 0 Å². The van der Waals surface area contributed by atoms with Crippen LogP contribution in [0.2, 0.25) is 5.02 Å². The molecule has 1 N–H and O–H groups in total. The first-order valence-electron chi connectivity index (χ1n) is 2.81. The van der Waals surface area contributed by atoms with E-state index < -0.39 is 0 Å². The van der Waals surface area contributed by atoms with E-state index in [0.717, 1.165) is 11.2 Å². The standard InChI is InChI=1S/C6H4ClN3/c7-4-1-2-8-6-5(4)9-3-10-6/h1-3H,(H,8,9,10). The fraction of sp³-hybridized carbons (Fsp3) is 0. The van der Waals surface area contributed by atoms with Crippen molar-refractivity contribution in [2.45, 2.75) is 0 Å². The fourth-order valence-electron chi connectivity index (χ4n) is 0.817. The molecule has 2 heterocycles. The highest BCUT2D eigenvalue weighted by Crippen LogP contribution is 2.16. The molecule has 0 aromatic carbocycles. The Bertz CT molecular complexity index is 355. The molecule has 3 nitrogen and oxygen atoms in total. The van der Waals surface area contributed by atoms with Crippen molar-refractivity contribution in [2.75, 3.05) is 0 Å². The van der Waals surface area contributed by atoms with Gasteiger partial charge in [-0.15, -0.1) is 0 Å². The largest absolute Gasteiger partial charge is 0.329 e. The molecule has 0 radical (unpaired) electrons. The van der Waals surface area contributed by atoms with Gasteiger partial charge in [0.15, 0.2) is 5.65 Å². The van der Waals surface area contributed by atoms with Gasteiger partial charge in [-0.1, -0.05) is 11.6 Å². The van der Waals surface area contributed by atoms with Crippen LogP contribution in [0.3, 0.4) is 0 Å². The van der Waals surface area contributed by atoms with E-state index in [-0.39, 0.29) is 0 Å². The van der Waals surface area contributed by atoms with Gasteiger partial charge in [0.2, 0.25) is 0 Å². The molecule has 2 rings (SSSR count). The fourth-order valence-corrected chi connectivity index (χ4v) is 1.01. The van der Waals surface area contributed by atoms with Gasteiger partial charge in [0.05, 0.1) is 11.3 Å². The summed E-state index contributed by atoms with van der Waals surface area (Å²) < 4.78 is 0. The van der Waals surface area contributed by atoms with Crippen molar-refractivity contribution >= 4 is 22.8 Å². The number of nitrogens with zero attached hydrogens (tertiary/aromatic N) is 2. The molecule has 50 valence electrons. The van der Waals surface area contributed by atoms with Crippen LogP contribution in [-0.4, -0.2) is 15.0 Å². The highest BCUT2D eigenvalue weighted by atomic mass is 35.5. The van der Waals surface area contributed by atoms with Crippen molar-refractivity contribution in [1.29, 1.82) is 0 Å². The lowest BCUT2D eigenvalue weighted by atomic mass is 10.4. The molecule has 10 heavy (non-hydrogen) atoms. The Kier molecular flexibility index (Phi) is 1.11. The van der Waals surface area contributed by atoms with Crippen molar-refractivity contribution < 1.29 is 0 Å². The van der Waals surface area contributed by atoms with E-state index in [2.05, 4.69) is 15.0 Å². The molecule has 0 saturated heterocycles. The van der Waals surface area contributed by atoms with Crippen LogP contribution < -0.4 is 0 Å². The molecule has 0 saturated carbocycles. The molecular formula is C6H4ClN3. The quantitative estimate of drug-likeness (QED) is 0.625. The Balaban J connectivity index is 2.95. The lowest BCUT2D eigenvalue weighted by Crippen LogP contribution is -1.74. The van der Waals surface area contributed by atoms with Gasteiger partial charge in [-0.25, -0.2) is 9.97 Å². The molecule has 0 spiro atoms. The van der Waals surface area contributed by atoms with Crippen molar-refractivity contribution in [1.82, 2.24) is 15.0 Å². The zero-order chi connectivity index (χ0) is 6.97. The number of halogens is 1. The van der Waals surface area contributed by atoms with Crippen molar-refractivity contribution in [3.8, 4) is 0 Å². The highest BCUT2D eigenvalue weighted by molar-refractivity contribution is 6.34. The van der Waals surface area contributed by atoms with Gasteiger partial charge in [0.1, 0.15) is 5.52 Å². The molecule has 0 atom stereocenters. The maximum atomic E-state index is 5.78. The number of H-pyrrole nitrogens is 1. The smallest absolute Gasteiger partial charge is 0.158 e. The maximum absolute atomic E-state index is 5.78. The minimum Gasteiger partial charge on any atom is -0.329 e. The maximum Gasteiger partial charge on any atom is 0.158 e. The zero-order valence-corrected chi connectivity index (χ0v) is 5.76. The average molecular weight is 154 g/mol. The molecule has 0 aliphatic rings. The normalized spacial score (nSPS) is 10.5. The SMILES string of the molecule is Clc1ccnc2[nH]cnc12. The predicted octanol–water partition coefficient (Wildman–Crippen LogP) is 1.61. The first-order valence-corrected chi connectivity index (χ1v) is 3.19. The van der Waals surface area contributed by atoms with Crippen LogP contribution >= 0.6 is 11.6 Å². The van der Waals surface area contributed by atoms with Gasteiger partial charge < -0.3 is 4.98 Å². The molecular weight excluding hydrogens is 150 g/mol. The third kappa shape index (κ3) is 0.675. The predicted molar refractivity (Wildman–Crippen MR) is 38.9 cm³/mol. The third-order valence-electron chi connectivity index (χ3n) is 1.27. The van der Waals surface area contributed by atoms with E-state index in [9.17, 15) is 0 Å². The van der Waals surface area contributed by atoms with E-state index in [4.69, 9.17) is 11.6 Å². The Hall–Kier alpha value is -1.09. The summed E-state index contributed by atoms with van der Waals surface area (Å²) in [5.74, 6) is 0. The highest BCUT2D eigenvalue weighted by Gasteiger charge is 1.98. The first-order chi connectivity index (χ1) is 4.88. The number of hydrogen-bond donors (Lipinski definition) is 1. The van der Waals surface area contributed by atoms with E-state index in [1.165, 1.54) is 0 Å². The number of aromatic nitrogens is 3. The van der Waals surface area contributed by atoms with Gasteiger partial charge in [-0.05, 0) is 6.07 Å². The molecule has 0 unspecified atom stereocenters. The molecule has 0 amide bonds. The lowest BCUT2D eigenvalue weighted by molar-refractivity contribution is 1.30. The summed E-state index contributed by atoms with van der Waals surface area (Å²) in [5, 5.41) is 0.631. The number of fused-ring (bicyclic) bond motifs is 1. The van der Waals surface area contributed by atoms with Crippen LogP contribution in [0.5, 0.6) is 0 Å². The molecule has 0 aliphatic heterocycles. The van der Waals surface area contributed by atoms with E-state index in [1.807, 2.05) is 0 Å². The van der Waals surface area contributed by atoms with Gasteiger partial charge in [0, 0.05) is 6.20 Å². The summed E-state index contributed by atoms with van der Waals surface area (Å²) in [4.78, 5) is 10.8. The minimum atomic E-state index is 0.631. The summed E-state index contributed by atoms with van der Waals surface area (Å²) >= 11 is 5.78. The Morgan fingerprint density at radius 2 is 2.30 bits per heavy atom. The molecule has 4 heteroatoms. The first kappa shape index (κ1) is 5.68. The second-order valence-corrected chi connectivity index (χ2v) is 2.30. The van der Waals surface area contributed by atoms with Crippen LogP contribution in [0.1, 0.15) is 0 Å². The Labute approximate surface area is 62.1 Å².